The first kappa shape index (κ1) is 22.8. The Morgan fingerprint density at radius 1 is 0.970 bits per heavy atom. The summed E-state index contributed by atoms with van der Waals surface area (Å²) in [6.07, 6.45) is 0.343. The molecule has 0 saturated carbocycles. The van der Waals surface area contributed by atoms with Crippen LogP contribution in [0.1, 0.15) is 21.5 Å². The molecule has 3 aromatic carbocycles. The third-order valence-corrected chi connectivity index (χ3v) is 6.29. The minimum atomic E-state index is -0.787. The normalized spacial score (nSPS) is 11.6. The molecule has 1 heterocycles. The van der Waals surface area contributed by atoms with E-state index in [0.717, 1.165) is 21.2 Å². The van der Waals surface area contributed by atoms with Crippen molar-refractivity contribution in [3.05, 3.63) is 100 Å². The summed E-state index contributed by atoms with van der Waals surface area (Å²) in [6.45, 7) is 2.01. The summed E-state index contributed by atoms with van der Waals surface area (Å²) in [5.41, 5.74) is 3.46. The van der Waals surface area contributed by atoms with Gasteiger partial charge in [0.15, 0.2) is 0 Å². The van der Waals surface area contributed by atoms with Gasteiger partial charge in [0.2, 0.25) is 11.0 Å². The molecule has 0 radical (unpaired) electrons. The molecule has 0 fully saturated rings. The van der Waals surface area contributed by atoms with Crippen molar-refractivity contribution in [1.82, 2.24) is 15.5 Å². The molecule has 4 rings (SSSR count). The van der Waals surface area contributed by atoms with E-state index in [-0.39, 0.29) is 11.8 Å². The number of hydrogen-bond acceptors (Lipinski definition) is 5. The van der Waals surface area contributed by atoms with Gasteiger partial charge >= 0.3 is 0 Å². The highest BCUT2D eigenvalue weighted by Crippen LogP contribution is 2.27. The molecule has 8 heteroatoms. The van der Waals surface area contributed by atoms with Crippen LogP contribution in [0.5, 0.6) is 0 Å². The fourth-order valence-corrected chi connectivity index (χ4v) is 4.43. The second-order valence-electron chi connectivity index (χ2n) is 7.50. The number of benzene rings is 3. The van der Waals surface area contributed by atoms with Crippen LogP contribution in [0.2, 0.25) is 0 Å². The number of anilines is 1. The molecule has 4 aromatic rings. The van der Waals surface area contributed by atoms with Gasteiger partial charge in [0.05, 0.1) is 0 Å². The van der Waals surface area contributed by atoms with E-state index in [4.69, 9.17) is 0 Å². The van der Waals surface area contributed by atoms with Crippen molar-refractivity contribution >= 4 is 44.2 Å². The fraction of sp³-hybridized carbons (Fsp3) is 0.120. The maximum absolute atomic E-state index is 13.2. The van der Waals surface area contributed by atoms with Crippen LogP contribution in [-0.2, 0) is 11.2 Å². The molecule has 33 heavy (non-hydrogen) atoms. The molecule has 0 aliphatic carbocycles. The van der Waals surface area contributed by atoms with Crippen molar-refractivity contribution < 1.29 is 9.59 Å². The highest BCUT2D eigenvalue weighted by Gasteiger charge is 2.23. The van der Waals surface area contributed by atoms with Gasteiger partial charge in [-0.15, -0.1) is 10.2 Å². The number of nitrogens with one attached hydrogen (secondary N) is 2. The first-order chi connectivity index (χ1) is 16.0. The monoisotopic (exact) mass is 520 g/mol. The Labute approximate surface area is 204 Å². The highest BCUT2D eigenvalue weighted by atomic mass is 79.9. The summed E-state index contributed by atoms with van der Waals surface area (Å²) >= 11 is 4.67. The molecule has 1 atom stereocenters. The van der Waals surface area contributed by atoms with E-state index < -0.39 is 6.04 Å². The molecule has 1 aromatic heterocycles. The molecule has 2 amide bonds. The van der Waals surface area contributed by atoms with E-state index >= 15 is 0 Å². The maximum atomic E-state index is 13.2. The van der Waals surface area contributed by atoms with Crippen molar-refractivity contribution in [1.29, 1.82) is 0 Å². The van der Waals surface area contributed by atoms with Crippen LogP contribution in [0.3, 0.4) is 0 Å². The molecule has 6 nitrogen and oxygen atoms in total. The topological polar surface area (TPSA) is 84.0 Å². The summed E-state index contributed by atoms with van der Waals surface area (Å²) in [5.74, 6) is -0.681. The number of aromatic nitrogens is 2. The molecule has 0 bridgehead atoms. The van der Waals surface area contributed by atoms with E-state index in [1.165, 1.54) is 11.3 Å². The summed E-state index contributed by atoms with van der Waals surface area (Å²) in [5, 5.41) is 15.1. The Morgan fingerprint density at radius 2 is 1.76 bits per heavy atom. The van der Waals surface area contributed by atoms with E-state index in [9.17, 15) is 9.59 Å². The Balaban J connectivity index is 1.52. The quantitative estimate of drug-likeness (QED) is 0.348. The zero-order valence-corrected chi connectivity index (χ0v) is 20.2. The maximum Gasteiger partial charge on any atom is 0.251 e. The molecule has 166 valence electrons. The van der Waals surface area contributed by atoms with Gasteiger partial charge in [0, 0.05) is 22.0 Å². The Morgan fingerprint density at radius 3 is 2.52 bits per heavy atom. The second-order valence-corrected chi connectivity index (χ2v) is 9.39. The van der Waals surface area contributed by atoms with Gasteiger partial charge in [0.1, 0.15) is 11.0 Å². The van der Waals surface area contributed by atoms with Crippen LogP contribution in [0.15, 0.2) is 83.3 Å². The Bertz CT molecular complexity index is 1280. The Kier molecular flexibility index (Phi) is 7.26. The molecular formula is C25H21BrN4O2S. The average molecular weight is 521 g/mol. The molecule has 0 aliphatic heterocycles. The SMILES string of the molecule is Cc1cccc(-c2nnc(NC(=O)[C@H](Cc3ccccc3)NC(=O)c3cccc(Br)c3)s2)c1. The molecule has 0 unspecified atom stereocenters. The largest absolute Gasteiger partial charge is 0.340 e. The van der Waals surface area contributed by atoms with Gasteiger partial charge < -0.3 is 5.32 Å². The summed E-state index contributed by atoms with van der Waals surface area (Å²) < 4.78 is 0.789. The number of hydrogen-bond donors (Lipinski definition) is 2. The zero-order valence-electron chi connectivity index (χ0n) is 17.8. The molecule has 0 saturated heterocycles. The van der Waals surface area contributed by atoms with Gasteiger partial charge in [-0.05, 0) is 36.8 Å². The predicted octanol–water partition coefficient (Wildman–Crippen LogP) is 5.26. The third kappa shape index (κ3) is 6.12. The molecule has 0 spiro atoms. The Hall–Kier alpha value is -3.36. The van der Waals surface area contributed by atoms with Gasteiger partial charge in [-0.1, -0.05) is 87.4 Å². The van der Waals surface area contributed by atoms with Crippen molar-refractivity contribution in [3.63, 3.8) is 0 Å². The van der Waals surface area contributed by atoms with Gasteiger partial charge in [0.25, 0.3) is 5.91 Å². The number of rotatable bonds is 7. The summed E-state index contributed by atoms with van der Waals surface area (Å²) in [4.78, 5) is 26.0. The number of aryl methyl sites for hydroxylation is 1. The number of nitrogens with zero attached hydrogens (tertiary/aromatic N) is 2. The van der Waals surface area contributed by atoms with Gasteiger partial charge in [-0.25, -0.2) is 0 Å². The lowest BCUT2D eigenvalue weighted by molar-refractivity contribution is -0.118. The van der Waals surface area contributed by atoms with Crippen molar-refractivity contribution in [3.8, 4) is 10.6 Å². The van der Waals surface area contributed by atoms with E-state index in [0.29, 0.717) is 22.1 Å². The highest BCUT2D eigenvalue weighted by molar-refractivity contribution is 9.10. The minimum Gasteiger partial charge on any atom is -0.340 e. The molecular weight excluding hydrogens is 500 g/mol. The van der Waals surface area contributed by atoms with Crippen LogP contribution in [-0.4, -0.2) is 28.1 Å². The van der Waals surface area contributed by atoms with Crippen molar-refractivity contribution in [2.45, 2.75) is 19.4 Å². The molecule has 2 N–H and O–H groups in total. The minimum absolute atomic E-state index is 0.329. The zero-order chi connectivity index (χ0) is 23.2. The number of halogens is 1. The fourth-order valence-electron chi connectivity index (χ4n) is 3.29. The smallest absolute Gasteiger partial charge is 0.251 e. The van der Waals surface area contributed by atoms with Crippen molar-refractivity contribution in [2.24, 2.45) is 0 Å². The standard InChI is InChI=1S/C25H21BrN4O2S/c1-16-7-5-11-19(13-16)24-29-30-25(33-24)28-23(32)21(14-17-8-3-2-4-9-17)27-22(31)18-10-6-12-20(26)15-18/h2-13,15,21H,14H2,1H3,(H,27,31)(H,28,30,32)/t21-/m0/s1. The summed E-state index contributed by atoms with van der Waals surface area (Å²) in [6, 6.07) is 23.7. The number of carbonyl (C=O) groups is 2. The number of carbonyl (C=O) groups excluding carboxylic acids is 2. The lowest BCUT2D eigenvalue weighted by atomic mass is 10.0. The lowest BCUT2D eigenvalue weighted by Gasteiger charge is -2.18. The van der Waals surface area contributed by atoms with Crippen LogP contribution in [0.25, 0.3) is 10.6 Å². The predicted molar refractivity (Wildman–Crippen MR) is 134 cm³/mol. The van der Waals surface area contributed by atoms with Crippen LogP contribution >= 0.6 is 27.3 Å². The lowest BCUT2D eigenvalue weighted by Crippen LogP contribution is -2.45. The summed E-state index contributed by atoms with van der Waals surface area (Å²) in [7, 11) is 0. The van der Waals surface area contributed by atoms with Crippen LogP contribution < -0.4 is 10.6 Å². The van der Waals surface area contributed by atoms with Crippen molar-refractivity contribution in [2.75, 3.05) is 5.32 Å². The third-order valence-electron chi connectivity index (χ3n) is 4.91. The average Bonchev–Trinajstić information content (AvgIpc) is 3.28. The first-order valence-corrected chi connectivity index (χ1v) is 11.9. The number of amides is 2. The van der Waals surface area contributed by atoms with E-state index in [1.807, 2.05) is 67.6 Å². The van der Waals surface area contributed by atoms with Crippen LogP contribution in [0.4, 0.5) is 5.13 Å². The van der Waals surface area contributed by atoms with Crippen LogP contribution in [0, 0.1) is 6.92 Å². The van der Waals surface area contributed by atoms with E-state index in [1.54, 1.807) is 18.2 Å². The van der Waals surface area contributed by atoms with E-state index in [2.05, 4.69) is 36.8 Å². The molecule has 0 aliphatic rings. The van der Waals surface area contributed by atoms with Gasteiger partial charge in [-0.3, -0.25) is 14.9 Å². The first-order valence-electron chi connectivity index (χ1n) is 10.3. The van der Waals surface area contributed by atoms with Gasteiger partial charge in [-0.2, -0.15) is 0 Å². The second kappa shape index (κ2) is 10.5.